The molecule has 17 heavy (non-hydrogen) atoms. The van der Waals surface area contributed by atoms with Crippen LogP contribution in [0.25, 0.3) is 0 Å². The second-order valence-corrected chi connectivity index (χ2v) is 7.57. The lowest BCUT2D eigenvalue weighted by Gasteiger charge is -2.37. The molecule has 0 unspecified atom stereocenters. The molecule has 1 saturated carbocycles. The number of hydrogen-bond acceptors (Lipinski definition) is 1. The second kappa shape index (κ2) is 5.06. The Hall–Kier alpha value is -1.07. The van der Waals surface area contributed by atoms with E-state index in [0.29, 0.717) is 5.41 Å². The van der Waals surface area contributed by atoms with Gasteiger partial charge in [-0.2, -0.15) is 5.26 Å². The molecule has 0 aliphatic heterocycles. The summed E-state index contributed by atoms with van der Waals surface area (Å²) in [5.41, 5.74) is 3.62. The average molecular weight is 243 g/mol. The van der Waals surface area contributed by atoms with E-state index in [-0.39, 0.29) is 9.52 Å². The van der Waals surface area contributed by atoms with Crippen LogP contribution in [0.4, 0.5) is 0 Å². The van der Waals surface area contributed by atoms with Crippen LogP contribution in [-0.4, -0.2) is 9.52 Å². The Kier molecular flexibility index (Phi) is 3.68. The first-order valence-electron chi connectivity index (χ1n) is 6.68. The maximum atomic E-state index is 8.82. The summed E-state index contributed by atoms with van der Waals surface area (Å²) >= 11 is 0. The van der Waals surface area contributed by atoms with Gasteiger partial charge in [0.1, 0.15) is 0 Å². The van der Waals surface area contributed by atoms with E-state index < -0.39 is 0 Å². The molecule has 90 valence electrons. The highest BCUT2D eigenvalue weighted by Crippen LogP contribution is 2.43. The molecule has 2 heteroatoms. The maximum Gasteiger partial charge on any atom is 0.0991 e. The summed E-state index contributed by atoms with van der Waals surface area (Å²) in [5.74, 6) is 0. The molecule has 0 atom stereocenters. The third kappa shape index (κ3) is 2.61. The van der Waals surface area contributed by atoms with Crippen molar-refractivity contribution < 1.29 is 0 Å². The summed E-state index contributed by atoms with van der Waals surface area (Å²) in [4.78, 5) is 0. The topological polar surface area (TPSA) is 23.8 Å². The molecule has 1 fully saturated rings. The minimum absolute atomic E-state index is 0.187. The Morgan fingerprint density at radius 3 is 2.29 bits per heavy atom. The molecule has 1 aromatic carbocycles. The van der Waals surface area contributed by atoms with Crippen molar-refractivity contribution in [2.24, 2.45) is 0 Å². The highest BCUT2D eigenvalue weighted by molar-refractivity contribution is 6.35. The van der Waals surface area contributed by atoms with Gasteiger partial charge in [0.2, 0.25) is 0 Å². The molecule has 0 N–H and O–H groups in total. The lowest BCUT2D eigenvalue weighted by atomic mass is 9.71. The summed E-state index contributed by atoms with van der Waals surface area (Å²) in [6.45, 7) is 4.83. The van der Waals surface area contributed by atoms with Crippen molar-refractivity contribution in [2.75, 3.05) is 0 Å². The van der Waals surface area contributed by atoms with Gasteiger partial charge in [-0.3, -0.25) is 0 Å². The Morgan fingerprint density at radius 2 is 1.82 bits per heavy atom. The third-order valence-corrected chi connectivity index (χ3v) is 6.47. The van der Waals surface area contributed by atoms with Gasteiger partial charge in [-0.1, -0.05) is 44.0 Å². The zero-order valence-electron chi connectivity index (χ0n) is 10.9. The van der Waals surface area contributed by atoms with Gasteiger partial charge in [0.25, 0.3) is 0 Å². The Balaban J connectivity index is 2.13. The number of hydrogen-bond donors (Lipinski definition) is 0. The van der Waals surface area contributed by atoms with E-state index in [0.717, 1.165) is 11.1 Å². The number of rotatable bonds is 2. The molecule has 1 aliphatic carbocycles. The summed E-state index contributed by atoms with van der Waals surface area (Å²) in [5, 5.41) is 8.82. The normalized spacial score (nSPS) is 29.4. The minimum atomic E-state index is 0.187. The first kappa shape index (κ1) is 12.4. The summed E-state index contributed by atoms with van der Waals surface area (Å²) in [6, 6.07) is 10.4. The van der Waals surface area contributed by atoms with Crippen molar-refractivity contribution >= 4 is 9.52 Å². The zero-order valence-corrected chi connectivity index (χ0v) is 12.3. The van der Waals surface area contributed by atoms with E-state index in [1.807, 2.05) is 12.1 Å². The van der Waals surface area contributed by atoms with Crippen LogP contribution in [0.2, 0.25) is 12.1 Å². The lowest BCUT2D eigenvalue weighted by Crippen LogP contribution is -2.28. The van der Waals surface area contributed by atoms with Crippen LogP contribution in [0, 0.1) is 11.3 Å². The number of nitriles is 1. The van der Waals surface area contributed by atoms with Crippen LogP contribution in [0.3, 0.4) is 0 Å². The molecule has 2 rings (SSSR count). The van der Waals surface area contributed by atoms with Gasteiger partial charge in [-0.05, 0) is 36.0 Å². The maximum absolute atomic E-state index is 8.82. The fourth-order valence-electron chi connectivity index (χ4n) is 2.96. The van der Waals surface area contributed by atoms with Crippen LogP contribution in [0.15, 0.2) is 24.3 Å². The SMILES string of the molecule is C[SiH2]C1CCC(C)(c2ccc(C#N)cc2)CC1. The molecule has 0 radical (unpaired) electrons. The van der Waals surface area contributed by atoms with Crippen LogP contribution in [-0.2, 0) is 5.41 Å². The van der Waals surface area contributed by atoms with Crippen molar-refractivity contribution in [1.82, 2.24) is 0 Å². The van der Waals surface area contributed by atoms with E-state index in [1.165, 1.54) is 31.2 Å². The van der Waals surface area contributed by atoms with Crippen LogP contribution < -0.4 is 0 Å². The van der Waals surface area contributed by atoms with Crippen molar-refractivity contribution in [2.45, 2.75) is 50.1 Å². The van der Waals surface area contributed by atoms with Gasteiger partial charge in [-0.25, -0.2) is 0 Å². The van der Waals surface area contributed by atoms with Gasteiger partial charge in [0.15, 0.2) is 0 Å². The number of nitrogens with zero attached hydrogens (tertiary/aromatic N) is 1. The Morgan fingerprint density at radius 1 is 1.24 bits per heavy atom. The van der Waals surface area contributed by atoms with Crippen LogP contribution in [0.5, 0.6) is 0 Å². The molecule has 0 amide bonds. The fraction of sp³-hybridized carbons (Fsp3) is 0.533. The smallest absolute Gasteiger partial charge is 0.0991 e. The molecule has 1 nitrogen and oxygen atoms in total. The summed E-state index contributed by atoms with van der Waals surface area (Å²) < 4.78 is 0. The third-order valence-electron chi connectivity index (χ3n) is 4.50. The highest BCUT2D eigenvalue weighted by atomic mass is 28.2. The standard InChI is InChI=1S/C15H21NSi/c1-15(9-7-14(17-2)8-10-15)13-5-3-12(11-16)4-6-13/h3-6,14H,7-10,17H2,1-2H3. The van der Waals surface area contributed by atoms with Gasteiger partial charge in [-0.15, -0.1) is 0 Å². The molecule has 0 bridgehead atoms. The summed E-state index contributed by atoms with van der Waals surface area (Å²) in [7, 11) is 0.187. The molecular weight excluding hydrogens is 222 g/mol. The van der Waals surface area contributed by atoms with Crippen LogP contribution >= 0.6 is 0 Å². The van der Waals surface area contributed by atoms with Gasteiger partial charge in [0, 0.05) is 9.52 Å². The average Bonchev–Trinajstić information content (AvgIpc) is 2.40. The molecular formula is C15H21NSi. The predicted molar refractivity (Wildman–Crippen MR) is 75.1 cm³/mol. The first-order valence-corrected chi connectivity index (χ1v) is 8.91. The zero-order chi connectivity index (χ0) is 12.3. The van der Waals surface area contributed by atoms with Gasteiger partial charge < -0.3 is 0 Å². The fourth-order valence-corrected chi connectivity index (χ4v) is 4.18. The van der Waals surface area contributed by atoms with Crippen molar-refractivity contribution in [3.05, 3.63) is 35.4 Å². The summed E-state index contributed by atoms with van der Waals surface area (Å²) in [6.07, 6.45) is 5.48. The minimum Gasteiger partial charge on any atom is -0.192 e. The number of benzene rings is 1. The van der Waals surface area contributed by atoms with Gasteiger partial charge in [0.05, 0.1) is 11.6 Å². The van der Waals surface area contributed by atoms with Crippen molar-refractivity contribution in [1.29, 1.82) is 5.26 Å². The lowest BCUT2D eigenvalue weighted by molar-refractivity contribution is 0.319. The molecule has 0 aromatic heterocycles. The van der Waals surface area contributed by atoms with E-state index in [1.54, 1.807) is 0 Å². The van der Waals surface area contributed by atoms with E-state index in [4.69, 9.17) is 5.26 Å². The van der Waals surface area contributed by atoms with E-state index in [9.17, 15) is 0 Å². The van der Waals surface area contributed by atoms with Crippen LogP contribution in [0.1, 0.15) is 43.7 Å². The van der Waals surface area contributed by atoms with Crippen molar-refractivity contribution in [3.63, 3.8) is 0 Å². The largest absolute Gasteiger partial charge is 0.192 e. The quantitative estimate of drug-likeness (QED) is 0.730. The second-order valence-electron chi connectivity index (χ2n) is 5.60. The Labute approximate surface area is 107 Å². The van der Waals surface area contributed by atoms with Gasteiger partial charge >= 0.3 is 0 Å². The molecule has 0 spiro atoms. The molecule has 0 heterocycles. The highest BCUT2D eigenvalue weighted by Gasteiger charge is 2.31. The van der Waals surface area contributed by atoms with Crippen molar-refractivity contribution in [3.8, 4) is 6.07 Å². The molecule has 0 saturated heterocycles. The Bertz CT molecular complexity index is 408. The van der Waals surface area contributed by atoms with E-state index >= 15 is 0 Å². The van der Waals surface area contributed by atoms with E-state index in [2.05, 4.69) is 31.7 Å². The molecule has 1 aliphatic rings. The monoisotopic (exact) mass is 243 g/mol. The first-order chi connectivity index (χ1) is 8.18. The molecule has 1 aromatic rings. The predicted octanol–water partition coefficient (Wildman–Crippen LogP) is 3.40.